The van der Waals surface area contributed by atoms with Gasteiger partial charge < -0.3 is 9.84 Å². The summed E-state index contributed by atoms with van der Waals surface area (Å²) < 4.78 is 4.81. The summed E-state index contributed by atoms with van der Waals surface area (Å²) in [7, 11) is 1.62. The molecule has 1 rings (SSSR count). The van der Waals surface area contributed by atoms with Crippen LogP contribution in [0.15, 0.2) is 24.0 Å². The van der Waals surface area contributed by atoms with Gasteiger partial charge in [0.05, 0.1) is 19.5 Å². The Bertz CT molecular complexity index is 194. The highest BCUT2D eigenvalue weighted by molar-refractivity contribution is 5.21. The van der Waals surface area contributed by atoms with Gasteiger partial charge in [0.1, 0.15) is 0 Å². The van der Waals surface area contributed by atoms with Gasteiger partial charge in [0, 0.05) is 0 Å². The molecule has 0 amide bonds. The first kappa shape index (κ1) is 9.33. The van der Waals surface area contributed by atoms with Crippen LogP contribution in [0.25, 0.3) is 0 Å². The minimum atomic E-state index is -0.273. The fourth-order valence-corrected chi connectivity index (χ4v) is 1.56. The normalized spacial score (nSPS) is 30.4. The van der Waals surface area contributed by atoms with Crippen LogP contribution in [0.3, 0.4) is 0 Å². The molecule has 2 nitrogen and oxygen atoms in total. The van der Waals surface area contributed by atoms with E-state index in [-0.39, 0.29) is 6.10 Å². The van der Waals surface area contributed by atoms with E-state index in [2.05, 4.69) is 6.92 Å². The third-order valence-electron chi connectivity index (χ3n) is 2.05. The molecule has 0 saturated heterocycles. The van der Waals surface area contributed by atoms with E-state index in [0.29, 0.717) is 5.92 Å². The Hall–Kier alpha value is -0.760. The van der Waals surface area contributed by atoms with Crippen molar-refractivity contribution in [3.05, 3.63) is 24.0 Å². The van der Waals surface area contributed by atoms with Crippen molar-refractivity contribution in [2.24, 2.45) is 5.92 Å². The van der Waals surface area contributed by atoms with Gasteiger partial charge in [-0.2, -0.15) is 0 Å². The Morgan fingerprint density at radius 3 is 3.00 bits per heavy atom. The third kappa shape index (κ3) is 2.70. The first-order chi connectivity index (χ1) is 5.72. The molecule has 68 valence electrons. The lowest BCUT2D eigenvalue weighted by Gasteiger charge is -2.20. The van der Waals surface area contributed by atoms with Crippen LogP contribution in [0.2, 0.25) is 0 Å². The van der Waals surface area contributed by atoms with Crippen molar-refractivity contribution in [3.8, 4) is 0 Å². The van der Waals surface area contributed by atoms with Crippen molar-refractivity contribution in [3.63, 3.8) is 0 Å². The second-order valence-corrected chi connectivity index (χ2v) is 3.39. The highest BCUT2D eigenvalue weighted by atomic mass is 16.5. The summed E-state index contributed by atoms with van der Waals surface area (Å²) in [5.41, 5.74) is 1.17. The van der Waals surface area contributed by atoms with E-state index in [1.165, 1.54) is 5.57 Å². The summed E-state index contributed by atoms with van der Waals surface area (Å²) in [5, 5.41) is 9.40. The van der Waals surface area contributed by atoms with Gasteiger partial charge in [-0.3, -0.25) is 0 Å². The molecule has 0 aromatic carbocycles. The number of aliphatic hydroxyl groups excluding tert-OH is 1. The molecule has 1 aliphatic rings. The molecule has 0 bridgehead atoms. The number of rotatable bonds is 2. The standard InChI is InChI=1S/C10H16O2/c1-8-5-9(3-4-12-2)7-10(11)6-8/h3-4,7-8,10-11H,5-6H2,1-2H3/b4-3+. The molecule has 0 saturated carbocycles. The van der Waals surface area contributed by atoms with Crippen molar-refractivity contribution < 1.29 is 9.84 Å². The molecular formula is C10H16O2. The van der Waals surface area contributed by atoms with Crippen LogP contribution in [0, 0.1) is 5.92 Å². The lowest BCUT2D eigenvalue weighted by Crippen LogP contribution is -2.15. The Kier molecular flexibility index (Phi) is 3.35. The van der Waals surface area contributed by atoms with Gasteiger partial charge in [0.2, 0.25) is 0 Å². The van der Waals surface area contributed by atoms with E-state index in [4.69, 9.17) is 4.74 Å². The molecule has 0 spiro atoms. The zero-order valence-electron chi connectivity index (χ0n) is 7.66. The van der Waals surface area contributed by atoms with Crippen LogP contribution < -0.4 is 0 Å². The van der Waals surface area contributed by atoms with Crippen LogP contribution in [0.4, 0.5) is 0 Å². The van der Waals surface area contributed by atoms with Gasteiger partial charge >= 0.3 is 0 Å². The SMILES string of the molecule is CO/C=C/C1=CC(O)CC(C)C1. The molecule has 0 aromatic rings. The number of methoxy groups -OCH3 is 1. The largest absolute Gasteiger partial charge is 0.504 e. The molecule has 1 N–H and O–H groups in total. The van der Waals surface area contributed by atoms with Gasteiger partial charge in [0.25, 0.3) is 0 Å². The Balaban J connectivity index is 2.57. The van der Waals surface area contributed by atoms with E-state index < -0.39 is 0 Å². The van der Waals surface area contributed by atoms with Crippen LogP contribution in [-0.4, -0.2) is 18.3 Å². The van der Waals surface area contributed by atoms with Crippen molar-refractivity contribution in [2.45, 2.75) is 25.9 Å². The molecular weight excluding hydrogens is 152 g/mol. The van der Waals surface area contributed by atoms with E-state index in [9.17, 15) is 5.11 Å². The Morgan fingerprint density at radius 2 is 2.42 bits per heavy atom. The van der Waals surface area contributed by atoms with Crippen molar-refractivity contribution >= 4 is 0 Å². The number of allylic oxidation sites excluding steroid dienone is 2. The predicted octanol–water partition coefficient (Wildman–Crippen LogP) is 1.86. The van der Waals surface area contributed by atoms with Gasteiger partial charge in [-0.15, -0.1) is 0 Å². The van der Waals surface area contributed by atoms with Gasteiger partial charge in [0.15, 0.2) is 0 Å². The highest BCUT2D eigenvalue weighted by Crippen LogP contribution is 2.24. The summed E-state index contributed by atoms with van der Waals surface area (Å²) in [4.78, 5) is 0. The molecule has 2 heteroatoms. The van der Waals surface area contributed by atoms with E-state index >= 15 is 0 Å². The van der Waals surface area contributed by atoms with Crippen molar-refractivity contribution in [2.75, 3.05) is 7.11 Å². The smallest absolute Gasteiger partial charge is 0.0827 e. The fraction of sp³-hybridized carbons (Fsp3) is 0.600. The lowest BCUT2D eigenvalue weighted by atomic mass is 9.89. The van der Waals surface area contributed by atoms with Gasteiger partial charge in [-0.05, 0) is 30.4 Å². The molecule has 0 aliphatic heterocycles. The average Bonchev–Trinajstić information content (AvgIpc) is 1.99. The first-order valence-electron chi connectivity index (χ1n) is 4.30. The Morgan fingerprint density at radius 1 is 1.67 bits per heavy atom. The second-order valence-electron chi connectivity index (χ2n) is 3.39. The maximum absolute atomic E-state index is 9.40. The maximum atomic E-state index is 9.40. The van der Waals surface area contributed by atoms with Gasteiger partial charge in [-0.25, -0.2) is 0 Å². The molecule has 0 fully saturated rings. The minimum Gasteiger partial charge on any atom is -0.504 e. The number of hydrogen-bond donors (Lipinski definition) is 1. The van der Waals surface area contributed by atoms with Crippen LogP contribution in [-0.2, 0) is 4.74 Å². The molecule has 2 unspecified atom stereocenters. The zero-order chi connectivity index (χ0) is 8.97. The number of aliphatic hydroxyl groups is 1. The summed E-state index contributed by atoms with van der Waals surface area (Å²) in [6, 6.07) is 0. The fourth-order valence-electron chi connectivity index (χ4n) is 1.56. The van der Waals surface area contributed by atoms with Crippen LogP contribution in [0.1, 0.15) is 19.8 Å². The quantitative estimate of drug-likeness (QED) is 0.638. The molecule has 2 atom stereocenters. The maximum Gasteiger partial charge on any atom is 0.0827 e. The number of ether oxygens (including phenoxy) is 1. The average molecular weight is 168 g/mol. The topological polar surface area (TPSA) is 29.5 Å². The first-order valence-corrected chi connectivity index (χ1v) is 4.30. The Labute approximate surface area is 73.5 Å². The van der Waals surface area contributed by atoms with Crippen LogP contribution in [0.5, 0.6) is 0 Å². The van der Waals surface area contributed by atoms with Crippen LogP contribution >= 0.6 is 0 Å². The second kappa shape index (κ2) is 4.31. The number of hydrogen-bond acceptors (Lipinski definition) is 2. The lowest BCUT2D eigenvalue weighted by molar-refractivity contribution is 0.181. The van der Waals surface area contributed by atoms with E-state index in [0.717, 1.165) is 12.8 Å². The highest BCUT2D eigenvalue weighted by Gasteiger charge is 2.15. The van der Waals surface area contributed by atoms with E-state index in [1.807, 2.05) is 12.2 Å². The van der Waals surface area contributed by atoms with Gasteiger partial charge in [-0.1, -0.05) is 13.0 Å². The predicted molar refractivity (Wildman–Crippen MR) is 48.6 cm³/mol. The molecule has 0 radical (unpaired) electrons. The van der Waals surface area contributed by atoms with E-state index in [1.54, 1.807) is 13.4 Å². The molecule has 1 aliphatic carbocycles. The summed E-state index contributed by atoms with van der Waals surface area (Å²) in [5.74, 6) is 0.571. The van der Waals surface area contributed by atoms with Crippen molar-refractivity contribution in [1.82, 2.24) is 0 Å². The summed E-state index contributed by atoms with van der Waals surface area (Å²) in [6.07, 6.45) is 7.11. The molecule has 0 heterocycles. The summed E-state index contributed by atoms with van der Waals surface area (Å²) in [6.45, 7) is 2.15. The minimum absolute atomic E-state index is 0.273. The summed E-state index contributed by atoms with van der Waals surface area (Å²) >= 11 is 0. The monoisotopic (exact) mass is 168 g/mol. The molecule has 12 heavy (non-hydrogen) atoms. The molecule has 0 aromatic heterocycles. The third-order valence-corrected chi connectivity index (χ3v) is 2.05. The van der Waals surface area contributed by atoms with Crippen molar-refractivity contribution in [1.29, 1.82) is 0 Å². The zero-order valence-corrected chi connectivity index (χ0v) is 7.66.